The first-order valence-electron chi connectivity index (χ1n) is 7.30. The summed E-state index contributed by atoms with van der Waals surface area (Å²) >= 11 is 0. The molecule has 1 rings (SSSR count). The van der Waals surface area contributed by atoms with Crippen molar-refractivity contribution >= 4 is 5.97 Å². The topological polar surface area (TPSA) is 78.8 Å². The van der Waals surface area contributed by atoms with Crippen LogP contribution in [-0.4, -0.2) is 42.5 Å². The zero-order valence-corrected chi connectivity index (χ0v) is 12.7. The molecule has 0 radical (unpaired) electrons. The minimum atomic E-state index is -0.827. The van der Waals surface area contributed by atoms with Gasteiger partial charge in [0, 0.05) is 12.6 Å². The predicted molar refractivity (Wildman–Crippen MR) is 80.9 cm³/mol. The van der Waals surface area contributed by atoms with Crippen molar-refractivity contribution in [2.75, 3.05) is 20.3 Å². The van der Waals surface area contributed by atoms with Crippen molar-refractivity contribution in [2.45, 2.75) is 38.3 Å². The Labute approximate surface area is 125 Å². The first-order chi connectivity index (χ1) is 10.1. The van der Waals surface area contributed by atoms with Crippen LogP contribution in [0.5, 0.6) is 0 Å². The van der Waals surface area contributed by atoms with Gasteiger partial charge in [0.15, 0.2) is 0 Å². The number of aryl methyl sites for hydroxylation is 1. The number of esters is 1. The van der Waals surface area contributed by atoms with Crippen molar-refractivity contribution in [3.63, 3.8) is 0 Å². The van der Waals surface area contributed by atoms with E-state index in [0.29, 0.717) is 6.54 Å². The molecule has 1 aromatic carbocycles. The Morgan fingerprint density at radius 2 is 2.00 bits per heavy atom. The maximum atomic E-state index is 11.4. The lowest BCUT2D eigenvalue weighted by Crippen LogP contribution is -2.38. The molecule has 0 aromatic heterocycles. The smallest absolute Gasteiger partial charge is 0.307 e. The number of methoxy groups -OCH3 is 1. The highest BCUT2D eigenvalue weighted by Gasteiger charge is 2.23. The van der Waals surface area contributed by atoms with E-state index >= 15 is 0 Å². The summed E-state index contributed by atoms with van der Waals surface area (Å²) in [6.45, 7) is 2.38. The molecule has 3 N–H and O–H groups in total. The third-order valence-electron chi connectivity index (χ3n) is 3.37. The second kappa shape index (κ2) is 9.50. The van der Waals surface area contributed by atoms with Crippen molar-refractivity contribution in [3.05, 3.63) is 35.4 Å². The highest BCUT2D eigenvalue weighted by molar-refractivity contribution is 5.70. The van der Waals surface area contributed by atoms with Crippen molar-refractivity contribution in [1.29, 1.82) is 0 Å². The van der Waals surface area contributed by atoms with Crippen LogP contribution < -0.4 is 5.32 Å². The molecule has 0 fully saturated rings. The van der Waals surface area contributed by atoms with Crippen LogP contribution in [0, 0.1) is 0 Å². The van der Waals surface area contributed by atoms with Gasteiger partial charge in [-0.1, -0.05) is 37.6 Å². The summed E-state index contributed by atoms with van der Waals surface area (Å²) in [7, 11) is 1.32. The van der Waals surface area contributed by atoms with Crippen LogP contribution in [0.4, 0.5) is 0 Å². The Kier molecular flexibility index (Phi) is 7.97. The molecule has 0 heterocycles. The highest BCUT2D eigenvalue weighted by atomic mass is 16.5. The largest absolute Gasteiger partial charge is 0.469 e. The average molecular weight is 295 g/mol. The molecular weight excluding hydrogens is 270 g/mol. The first kappa shape index (κ1) is 17.6. The van der Waals surface area contributed by atoms with Gasteiger partial charge < -0.3 is 20.3 Å². The minimum absolute atomic E-state index is 0.0500. The van der Waals surface area contributed by atoms with Crippen LogP contribution in [0.1, 0.15) is 37.0 Å². The number of aliphatic hydroxyl groups is 2. The summed E-state index contributed by atoms with van der Waals surface area (Å²) in [5.74, 6) is -0.396. The molecule has 0 bridgehead atoms. The van der Waals surface area contributed by atoms with Gasteiger partial charge in [-0.05, 0) is 17.5 Å². The van der Waals surface area contributed by atoms with Crippen molar-refractivity contribution in [3.8, 4) is 0 Å². The number of rotatable bonds is 9. The van der Waals surface area contributed by atoms with Crippen molar-refractivity contribution in [1.82, 2.24) is 5.32 Å². The molecule has 0 saturated heterocycles. The molecule has 5 heteroatoms. The van der Waals surface area contributed by atoms with E-state index in [1.54, 1.807) is 0 Å². The van der Waals surface area contributed by atoms with Gasteiger partial charge in [0.05, 0.1) is 26.2 Å². The normalized spacial score (nSPS) is 13.7. The number of nitrogens with one attached hydrogen (secondary N) is 1. The molecular formula is C16H25NO4. The fraction of sp³-hybridized carbons (Fsp3) is 0.562. The van der Waals surface area contributed by atoms with Gasteiger partial charge in [-0.2, -0.15) is 0 Å². The Hall–Kier alpha value is -1.43. The Bertz CT molecular complexity index is 419. The van der Waals surface area contributed by atoms with E-state index in [2.05, 4.69) is 17.0 Å². The standard InChI is InChI=1S/C16H25NO4/c1-3-4-12-5-7-13(8-6-12)16(20)14(17-9-10-18)11-15(19)21-2/h5-8,14,16-18,20H,3-4,9-11H2,1-2H3. The van der Waals surface area contributed by atoms with E-state index in [0.717, 1.165) is 18.4 Å². The fourth-order valence-corrected chi connectivity index (χ4v) is 2.21. The van der Waals surface area contributed by atoms with E-state index in [-0.39, 0.29) is 13.0 Å². The maximum Gasteiger partial charge on any atom is 0.307 e. The molecule has 1 aromatic rings. The molecule has 5 nitrogen and oxygen atoms in total. The molecule has 0 aliphatic carbocycles. The Morgan fingerprint density at radius 1 is 1.33 bits per heavy atom. The number of benzene rings is 1. The Balaban J connectivity index is 2.77. The monoisotopic (exact) mass is 295 g/mol. The fourth-order valence-electron chi connectivity index (χ4n) is 2.21. The molecule has 118 valence electrons. The summed E-state index contributed by atoms with van der Waals surface area (Å²) in [5.41, 5.74) is 1.97. The molecule has 0 saturated carbocycles. The summed E-state index contributed by atoms with van der Waals surface area (Å²) in [5, 5.41) is 22.3. The lowest BCUT2D eigenvalue weighted by molar-refractivity contribution is -0.142. The average Bonchev–Trinajstić information content (AvgIpc) is 2.51. The SMILES string of the molecule is CCCc1ccc(C(O)C(CC(=O)OC)NCCO)cc1. The highest BCUT2D eigenvalue weighted by Crippen LogP contribution is 2.20. The number of hydrogen-bond donors (Lipinski definition) is 3. The molecule has 0 amide bonds. The van der Waals surface area contributed by atoms with Crippen LogP contribution in [-0.2, 0) is 16.0 Å². The molecule has 0 spiro atoms. The second-order valence-corrected chi connectivity index (χ2v) is 5.00. The zero-order valence-electron chi connectivity index (χ0n) is 12.7. The molecule has 0 aliphatic rings. The van der Waals surface area contributed by atoms with Crippen LogP contribution in [0.25, 0.3) is 0 Å². The summed E-state index contributed by atoms with van der Waals surface area (Å²) in [6, 6.07) is 7.25. The number of carbonyl (C=O) groups excluding carboxylic acids is 1. The van der Waals surface area contributed by atoms with Crippen LogP contribution in [0.2, 0.25) is 0 Å². The van der Waals surface area contributed by atoms with E-state index in [1.807, 2.05) is 24.3 Å². The summed E-state index contributed by atoms with van der Waals surface area (Å²) in [6.07, 6.45) is 1.30. The molecule has 2 atom stereocenters. The van der Waals surface area contributed by atoms with Gasteiger partial charge in [0.25, 0.3) is 0 Å². The van der Waals surface area contributed by atoms with Crippen LogP contribution in [0.3, 0.4) is 0 Å². The molecule has 0 aliphatic heterocycles. The van der Waals surface area contributed by atoms with Gasteiger partial charge in [-0.15, -0.1) is 0 Å². The van der Waals surface area contributed by atoms with Gasteiger partial charge in [0.1, 0.15) is 0 Å². The van der Waals surface area contributed by atoms with Gasteiger partial charge >= 0.3 is 5.97 Å². The summed E-state index contributed by atoms with van der Waals surface area (Å²) in [4.78, 5) is 11.4. The Morgan fingerprint density at radius 3 is 2.52 bits per heavy atom. The zero-order chi connectivity index (χ0) is 15.7. The molecule has 2 unspecified atom stereocenters. The third-order valence-corrected chi connectivity index (χ3v) is 3.37. The summed E-state index contributed by atoms with van der Waals surface area (Å²) < 4.78 is 4.65. The predicted octanol–water partition coefficient (Wildman–Crippen LogP) is 1.19. The van der Waals surface area contributed by atoms with E-state index in [1.165, 1.54) is 12.7 Å². The van der Waals surface area contributed by atoms with Crippen LogP contribution in [0.15, 0.2) is 24.3 Å². The van der Waals surface area contributed by atoms with E-state index < -0.39 is 18.1 Å². The number of aliphatic hydroxyl groups excluding tert-OH is 2. The lowest BCUT2D eigenvalue weighted by atomic mass is 9.98. The quantitative estimate of drug-likeness (QED) is 0.596. The minimum Gasteiger partial charge on any atom is -0.469 e. The van der Waals surface area contributed by atoms with Crippen molar-refractivity contribution < 1.29 is 19.7 Å². The lowest BCUT2D eigenvalue weighted by Gasteiger charge is -2.23. The molecule has 21 heavy (non-hydrogen) atoms. The maximum absolute atomic E-state index is 11.4. The van der Waals surface area contributed by atoms with Crippen LogP contribution >= 0.6 is 0 Å². The van der Waals surface area contributed by atoms with Gasteiger partial charge in [0.2, 0.25) is 0 Å². The first-order valence-corrected chi connectivity index (χ1v) is 7.30. The number of hydrogen-bond acceptors (Lipinski definition) is 5. The van der Waals surface area contributed by atoms with E-state index in [4.69, 9.17) is 5.11 Å². The van der Waals surface area contributed by atoms with Crippen molar-refractivity contribution in [2.24, 2.45) is 0 Å². The van der Waals surface area contributed by atoms with Gasteiger partial charge in [-0.25, -0.2) is 0 Å². The number of carbonyl (C=O) groups is 1. The second-order valence-electron chi connectivity index (χ2n) is 5.00. The van der Waals surface area contributed by atoms with E-state index in [9.17, 15) is 9.90 Å². The third kappa shape index (κ3) is 5.83. The van der Waals surface area contributed by atoms with Gasteiger partial charge in [-0.3, -0.25) is 4.79 Å². The number of ether oxygens (including phenoxy) is 1.